The third kappa shape index (κ3) is 2.78. The van der Waals surface area contributed by atoms with E-state index in [1.165, 1.54) is 0 Å². The molecule has 2 rings (SSSR count). The lowest BCUT2D eigenvalue weighted by Gasteiger charge is -2.13. The number of amides is 1. The first kappa shape index (κ1) is 12.4. The SMILES string of the molecule is C[C@@H](NC(=O)c1nc(N)n[nH]1)c1ccc(Cl)cc1. The van der Waals surface area contributed by atoms with Crippen molar-refractivity contribution in [2.24, 2.45) is 0 Å². The zero-order chi connectivity index (χ0) is 13.1. The number of H-pyrrole nitrogens is 1. The molecule has 0 saturated carbocycles. The predicted molar refractivity (Wildman–Crippen MR) is 68.1 cm³/mol. The minimum absolute atomic E-state index is 0.0410. The summed E-state index contributed by atoms with van der Waals surface area (Å²) in [5, 5.41) is 9.47. The van der Waals surface area contributed by atoms with Crippen LogP contribution in [0.1, 0.15) is 29.1 Å². The number of rotatable bonds is 3. The average molecular weight is 266 g/mol. The van der Waals surface area contributed by atoms with Crippen LogP contribution in [0.25, 0.3) is 0 Å². The van der Waals surface area contributed by atoms with E-state index >= 15 is 0 Å². The number of hydrogen-bond donors (Lipinski definition) is 3. The summed E-state index contributed by atoms with van der Waals surface area (Å²) in [6.45, 7) is 1.86. The molecule has 0 aliphatic heterocycles. The second-order valence-corrected chi connectivity index (χ2v) is 4.23. The van der Waals surface area contributed by atoms with Crippen LogP contribution in [0, 0.1) is 0 Å². The van der Waals surface area contributed by atoms with Crippen molar-refractivity contribution in [2.75, 3.05) is 5.73 Å². The second kappa shape index (κ2) is 5.05. The van der Waals surface area contributed by atoms with Gasteiger partial charge >= 0.3 is 0 Å². The zero-order valence-electron chi connectivity index (χ0n) is 9.64. The molecule has 0 spiro atoms. The molecule has 0 saturated heterocycles. The lowest BCUT2D eigenvalue weighted by molar-refractivity contribution is 0.0930. The number of nitrogen functional groups attached to an aromatic ring is 1. The summed E-state index contributed by atoms with van der Waals surface area (Å²) in [5.74, 6) is -0.228. The smallest absolute Gasteiger partial charge is 0.289 e. The van der Waals surface area contributed by atoms with Crippen molar-refractivity contribution in [1.82, 2.24) is 20.5 Å². The van der Waals surface area contributed by atoms with E-state index in [1.54, 1.807) is 12.1 Å². The van der Waals surface area contributed by atoms with Crippen molar-refractivity contribution < 1.29 is 4.79 Å². The monoisotopic (exact) mass is 265 g/mol. The third-order valence-corrected chi connectivity index (χ3v) is 2.69. The molecule has 1 amide bonds. The molecule has 1 aromatic heterocycles. The Morgan fingerprint density at radius 2 is 2.11 bits per heavy atom. The number of carbonyl (C=O) groups excluding carboxylic acids is 1. The highest BCUT2D eigenvalue weighted by atomic mass is 35.5. The van der Waals surface area contributed by atoms with Gasteiger partial charge in [0.15, 0.2) is 0 Å². The molecule has 0 unspecified atom stereocenters. The van der Waals surface area contributed by atoms with Gasteiger partial charge in [-0.05, 0) is 24.6 Å². The van der Waals surface area contributed by atoms with Gasteiger partial charge in [0.25, 0.3) is 5.91 Å². The van der Waals surface area contributed by atoms with Crippen LogP contribution in [0.4, 0.5) is 5.95 Å². The van der Waals surface area contributed by atoms with Crippen molar-refractivity contribution in [1.29, 1.82) is 0 Å². The fourth-order valence-corrected chi connectivity index (χ4v) is 1.60. The van der Waals surface area contributed by atoms with Crippen LogP contribution >= 0.6 is 11.6 Å². The normalized spacial score (nSPS) is 12.1. The van der Waals surface area contributed by atoms with Crippen LogP contribution in [-0.4, -0.2) is 21.1 Å². The van der Waals surface area contributed by atoms with Gasteiger partial charge in [0.05, 0.1) is 6.04 Å². The average Bonchev–Trinajstić information content (AvgIpc) is 2.76. The molecular formula is C11H12ClN5O. The zero-order valence-corrected chi connectivity index (χ0v) is 10.4. The maximum absolute atomic E-state index is 11.8. The van der Waals surface area contributed by atoms with Gasteiger partial charge in [-0.2, -0.15) is 4.98 Å². The van der Waals surface area contributed by atoms with Crippen LogP contribution in [0.5, 0.6) is 0 Å². The van der Waals surface area contributed by atoms with Crippen LogP contribution in [-0.2, 0) is 0 Å². The lowest BCUT2D eigenvalue weighted by atomic mass is 10.1. The first-order valence-electron chi connectivity index (χ1n) is 5.30. The van der Waals surface area contributed by atoms with Crippen molar-refractivity contribution in [3.05, 3.63) is 40.7 Å². The number of hydrogen-bond acceptors (Lipinski definition) is 4. The number of benzene rings is 1. The molecular weight excluding hydrogens is 254 g/mol. The molecule has 1 atom stereocenters. The van der Waals surface area contributed by atoms with Gasteiger partial charge in [-0.1, -0.05) is 23.7 Å². The van der Waals surface area contributed by atoms with E-state index in [1.807, 2.05) is 19.1 Å². The summed E-state index contributed by atoms with van der Waals surface area (Å²) >= 11 is 5.80. The van der Waals surface area contributed by atoms with Crippen molar-refractivity contribution in [3.8, 4) is 0 Å². The number of halogens is 1. The summed E-state index contributed by atoms with van der Waals surface area (Å²) in [6, 6.07) is 7.07. The van der Waals surface area contributed by atoms with Gasteiger partial charge in [0, 0.05) is 5.02 Å². The number of nitrogens with zero attached hydrogens (tertiary/aromatic N) is 2. The van der Waals surface area contributed by atoms with E-state index in [4.69, 9.17) is 17.3 Å². The Morgan fingerprint density at radius 3 is 2.67 bits per heavy atom. The van der Waals surface area contributed by atoms with Crippen molar-refractivity contribution >= 4 is 23.5 Å². The Bertz CT molecular complexity index is 551. The summed E-state index contributed by atoms with van der Waals surface area (Å²) in [4.78, 5) is 15.5. The molecule has 18 heavy (non-hydrogen) atoms. The molecule has 4 N–H and O–H groups in total. The minimum Gasteiger partial charge on any atom is -0.366 e. The van der Waals surface area contributed by atoms with Gasteiger partial charge in [0.2, 0.25) is 11.8 Å². The Kier molecular flexibility index (Phi) is 3.47. The second-order valence-electron chi connectivity index (χ2n) is 3.79. The van der Waals surface area contributed by atoms with Gasteiger partial charge in [-0.15, -0.1) is 5.10 Å². The highest BCUT2D eigenvalue weighted by Crippen LogP contribution is 2.16. The van der Waals surface area contributed by atoms with Crippen molar-refractivity contribution in [3.63, 3.8) is 0 Å². The van der Waals surface area contributed by atoms with E-state index in [9.17, 15) is 4.79 Å². The van der Waals surface area contributed by atoms with E-state index in [0.717, 1.165) is 5.56 Å². The molecule has 0 aliphatic rings. The number of nitrogens with two attached hydrogens (primary N) is 1. The number of aromatic nitrogens is 3. The van der Waals surface area contributed by atoms with E-state index in [-0.39, 0.29) is 23.7 Å². The van der Waals surface area contributed by atoms with E-state index in [2.05, 4.69) is 20.5 Å². The topological polar surface area (TPSA) is 96.7 Å². The molecule has 1 aromatic carbocycles. The van der Waals surface area contributed by atoms with E-state index in [0.29, 0.717) is 5.02 Å². The van der Waals surface area contributed by atoms with Gasteiger partial charge < -0.3 is 11.1 Å². The standard InChI is InChI=1S/C11H12ClN5O/c1-6(7-2-4-8(12)5-3-7)14-10(18)9-15-11(13)17-16-9/h2-6H,1H3,(H,14,18)(H3,13,15,16,17)/t6-/m1/s1. The Balaban J connectivity index is 2.05. The van der Waals surface area contributed by atoms with Gasteiger partial charge in [-0.3, -0.25) is 9.89 Å². The van der Waals surface area contributed by atoms with Gasteiger partial charge in [-0.25, -0.2) is 0 Å². The van der Waals surface area contributed by atoms with Gasteiger partial charge in [0.1, 0.15) is 0 Å². The highest BCUT2D eigenvalue weighted by molar-refractivity contribution is 6.30. The molecule has 7 heteroatoms. The minimum atomic E-state index is -0.360. The molecule has 94 valence electrons. The Morgan fingerprint density at radius 1 is 1.44 bits per heavy atom. The Hall–Kier alpha value is -2.08. The predicted octanol–water partition coefficient (Wildman–Crippen LogP) is 1.53. The fraction of sp³-hybridized carbons (Fsp3) is 0.182. The largest absolute Gasteiger partial charge is 0.366 e. The summed E-state index contributed by atoms with van der Waals surface area (Å²) in [5.41, 5.74) is 6.27. The molecule has 0 fully saturated rings. The summed E-state index contributed by atoms with van der Waals surface area (Å²) in [7, 11) is 0. The maximum atomic E-state index is 11.8. The first-order chi connectivity index (χ1) is 8.56. The molecule has 0 aliphatic carbocycles. The molecule has 6 nitrogen and oxygen atoms in total. The summed E-state index contributed by atoms with van der Waals surface area (Å²) in [6.07, 6.45) is 0. The van der Waals surface area contributed by atoms with Crippen LogP contribution in [0.3, 0.4) is 0 Å². The fourth-order valence-electron chi connectivity index (χ4n) is 1.48. The lowest BCUT2D eigenvalue weighted by Crippen LogP contribution is -2.27. The van der Waals surface area contributed by atoms with Crippen LogP contribution in [0.15, 0.2) is 24.3 Å². The number of aromatic amines is 1. The molecule has 1 heterocycles. The number of carbonyl (C=O) groups is 1. The highest BCUT2D eigenvalue weighted by Gasteiger charge is 2.14. The molecule has 2 aromatic rings. The quantitative estimate of drug-likeness (QED) is 0.784. The van der Waals surface area contributed by atoms with Crippen molar-refractivity contribution in [2.45, 2.75) is 13.0 Å². The molecule has 0 radical (unpaired) electrons. The van der Waals surface area contributed by atoms with Crippen LogP contribution < -0.4 is 11.1 Å². The number of nitrogens with one attached hydrogen (secondary N) is 2. The Labute approximate surface area is 109 Å². The molecule has 0 bridgehead atoms. The van der Waals surface area contributed by atoms with Crippen LogP contribution in [0.2, 0.25) is 5.02 Å². The third-order valence-electron chi connectivity index (χ3n) is 2.44. The maximum Gasteiger partial charge on any atom is 0.289 e. The first-order valence-corrected chi connectivity index (χ1v) is 5.68. The number of anilines is 1. The summed E-state index contributed by atoms with van der Waals surface area (Å²) < 4.78 is 0. The van der Waals surface area contributed by atoms with E-state index < -0.39 is 0 Å².